The van der Waals surface area contributed by atoms with Gasteiger partial charge in [-0.3, -0.25) is 0 Å². The van der Waals surface area contributed by atoms with Gasteiger partial charge in [-0.1, -0.05) is 6.92 Å². The van der Waals surface area contributed by atoms with Crippen LogP contribution in [0.15, 0.2) is 12.3 Å². The van der Waals surface area contributed by atoms with Crippen LogP contribution in [0.2, 0.25) is 0 Å². The number of hydrogen-bond donors (Lipinski definition) is 0. The van der Waals surface area contributed by atoms with Crippen LogP contribution in [0.4, 0.5) is 0 Å². The first-order valence-corrected chi connectivity index (χ1v) is 2.81. The van der Waals surface area contributed by atoms with E-state index in [1.807, 2.05) is 13.8 Å². The van der Waals surface area contributed by atoms with Crippen molar-refractivity contribution in [3.63, 3.8) is 0 Å². The highest BCUT2D eigenvalue weighted by Gasteiger charge is 1.76. The van der Waals surface area contributed by atoms with Crippen LogP contribution in [-0.4, -0.2) is 6.61 Å². The molecule has 2 heteroatoms. The molecule has 0 aromatic rings. The topological polar surface area (TPSA) is 18.5 Å². The van der Waals surface area contributed by atoms with Gasteiger partial charge in [-0.2, -0.15) is 4.89 Å². The molecule has 0 saturated heterocycles. The Kier molecular flexibility index (Phi) is 6.09. The van der Waals surface area contributed by atoms with Crippen molar-refractivity contribution in [1.29, 1.82) is 0 Å². The van der Waals surface area contributed by atoms with Crippen LogP contribution in [0.5, 0.6) is 0 Å². The summed E-state index contributed by atoms with van der Waals surface area (Å²) in [6, 6.07) is 0. The maximum absolute atomic E-state index is 4.64. The van der Waals surface area contributed by atoms with E-state index in [0.717, 1.165) is 6.42 Å². The van der Waals surface area contributed by atoms with Crippen LogP contribution in [0.3, 0.4) is 0 Å². The second-order valence-electron chi connectivity index (χ2n) is 1.39. The molecule has 0 aromatic heterocycles. The van der Waals surface area contributed by atoms with Crippen LogP contribution >= 0.6 is 0 Å². The summed E-state index contributed by atoms with van der Waals surface area (Å²) in [7, 11) is 0. The van der Waals surface area contributed by atoms with Gasteiger partial charge in [-0.05, 0) is 19.4 Å². The van der Waals surface area contributed by atoms with Gasteiger partial charge in [-0.25, -0.2) is 0 Å². The van der Waals surface area contributed by atoms with Gasteiger partial charge >= 0.3 is 0 Å². The molecule has 0 aliphatic rings. The maximum Gasteiger partial charge on any atom is 0.125 e. The molecule has 2 nitrogen and oxygen atoms in total. The Labute approximate surface area is 50.0 Å². The summed E-state index contributed by atoms with van der Waals surface area (Å²) in [5, 5.41) is 0. The van der Waals surface area contributed by atoms with E-state index < -0.39 is 0 Å². The molecule has 0 spiro atoms. The second-order valence-corrected chi connectivity index (χ2v) is 1.39. The fourth-order valence-electron chi connectivity index (χ4n) is 0.226. The Bertz CT molecular complexity index is 59.5. The Hall–Kier alpha value is -0.500. The fourth-order valence-corrected chi connectivity index (χ4v) is 0.226. The smallest absolute Gasteiger partial charge is 0.125 e. The van der Waals surface area contributed by atoms with Gasteiger partial charge in [0.2, 0.25) is 0 Å². The molecule has 0 atom stereocenters. The molecule has 8 heavy (non-hydrogen) atoms. The summed E-state index contributed by atoms with van der Waals surface area (Å²) >= 11 is 0. The predicted molar refractivity (Wildman–Crippen MR) is 32.1 cm³/mol. The van der Waals surface area contributed by atoms with Crippen molar-refractivity contribution in [2.75, 3.05) is 6.61 Å². The quantitative estimate of drug-likeness (QED) is 0.241. The molecule has 0 amide bonds. The zero-order valence-corrected chi connectivity index (χ0v) is 5.39. The molecule has 0 rings (SSSR count). The van der Waals surface area contributed by atoms with Crippen LogP contribution in [0, 0.1) is 0 Å². The van der Waals surface area contributed by atoms with Crippen LogP contribution in [0.25, 0.3) is 0 Å². The van der Waals surface area contributed by atoms with Crippen molar-refractivity contribution in [3.05, 3.63) is 12.3 Å². The zero-order chi connectivity index (χ0) is 6.24. The summed E-state index contributed by atoms with van der Waals surface area (Å²) in [5.74, 6) is 0. The van der Waals surface area contributed by atoms with E-state index in [9.17, 15) is 0 Å². The zero-order valence-electron chi connectivity index (χ0n) is 5.39. The molecule has 0 N–H and O–H groups in total. The number of rotatable bonds is 4. The molecule has 0 fully saturated rings. The first-order chi connectivity index (χ1) is 3.91. The average Bonchev–Trinajstić information content (AvgIpc) is 1.81. The number of allylic oxidation sites excluding steroid dienone is 1. The summed E-state index contributed by atoms with van der Waals surface area (Å²) in [6.07, 6.45) is 4.27. The summed E-state index contributed by atoms with van der Waals surface area (Å²) in [5.41, 5.74) is 0. The third kappa shape index (κ3) is 5.50. The lowest BCUT2D eigenvalue weighted by Gasteiger charge is -1.94. The third-order valence-corrected chi connectivity index (χ3v) is 0.547. The minimum Gasteiger partial charge on any atom is -0.346 e. The molecule has 0 aliphatic heterocycles. The molecule has 0 aromatic carbocycles. The van der Waals surface area contributed by atoms with Crippen LogP contribution in [0.1, 0.15) is 20.3 Å². The Morgan fingerprint density at radius 2 is 2.25 bits per heavy atom. The van der Waals surface area contributed by atoms with Gasteiger partial charge in [0, 0.05) is 0 Å². The van der Waals surface area contributed by atoms with E-state index in [0.29, 0.717) is 6.61 Å². The van der Waals surface area contributed by atoms with E-state index in [4.69, 9.17) is 0 Å². The first-order valence-electron chi connectivity index (χ1n) is 2.81. The Morgan fingerprint density at radius 1 is 1.50 bits per heavy atom. The lowest BCUT2D eigenvalue weighted by Crippen LogP contribution is -1.87. The highest BCUT2D eigenvalue weighted by Crippen LogP contribution is 1.82. The van der Waals surface area contributed by atoms with Crippen molar-refractivity contribution < 1.29 is 9.78 Å². The van der Waals surface area contributed by atoms with Gasteiger partial charge in [0.15, 0.2) is 0 Å². The van der Waals surface area contributed by atoms with Gasteiger partial charge in [0.25, 0.3) is 0 Å². The molecular weight excluding hydrogens is 104 g/mol. The van der Waals surface area contributed by atoms with E-state index in [2.05, 4.69) is 9.78 Å². The lowest BCUT2D eigenvalue weighted by molar-refractivity contribution is -0.248. The summed E-state index contributed by atoms with van der Waals surface area (Å²) < 4.78 is 0. The van der Waals surface area contributed by atoms with E-state index in [-0.39, 0.29) is 0 Å². The second kappa shape index (κ2) is 6.50. The molecule has 0 bridgehead atoms. The van der Waals surface area contributed by atoms with Crippen molar-refractivity contribution in [3.8, 4) is 0 Å². The van der Waals surface area contributed by atoms with Crippen LogP contribution in [-0.2, 0) is 9.78 Å². The minimum atomic E-state index is 0.657. The molecule has 0 saturated carbocycles. The normalized spacial score (nSPS) is 10.2. The SMILES string of the molecule is C/C=C\OOCCC. The van der Waals surface area contributed by atoms with Gasteiger partial charge in [-0.15, -0.1) is 0 Å². The third-order valence-electron chi connectivity index (χ3n) is 0.547. The maximum atomic E-state index is 4.64. The Morgan fingerprint density at radius 3 is 2.75 bits per heavy atom. The monoisotopic (exact) mass is 116 g/mol. The van der Waals surface area contributed by atoms with Crippen molar-refractivity contribution in [2.45, 2.75) is 20.3 Å². The lowest BCUT2D eigenvalue weighted by atomic mass is 10.5. The molecule has 0 unspecified atom stereocenters. The summed E-state index contributed by atoms with van der Waals surface area (Å²) in [6.45, 7) is 4.55. The predicted octanol–water partition coefficient (Wildman–Crippen LogP) is 1.88. The molecular formula is C6H12O2. The fraction of sp³-hybridized carbons (Fsp3) is 0.667. The van der Waals surface area contributed by atoms with Crippen molar-refractivity contribution in [2.24, 2.45) is 0 Å². The first kappa shape index (κ1) is 7.50. The average molecular weight is 116 g/mol. The standard InChI is InChI=1S/C6H12O2/c1-3-5-7-8-6-4-2/h3,5H,4,6H2,1-2H3/b5-3-. The highest BCUT2D eigenvalue weighted by molar-refractivity contribution is 4.62. The van der Waals surface area contributed by atoms with Gasteiger partial charge in [0.1, 0.15) is 6.26 Å². The molecule has 48 valence electrons. The Balaban J connectivity index is 2.72. The largest absolute Gasteiger partial charge is 0.346 e. The van der Waals surface area contributed by atoms with E-state index in [1.165, 1.54) is 6.26 Å². The molecule has 0 heterocycles. The van der Waals surface area contributed by atoms with Crippen LogP contribution < -0.4 is 0 Å². The molecule has 0 aliphatic carbocycles. The van der Waals surface area contributed by atoms with Crippen molar-refractivity contribution in [1.82, 2.24) is 0 Å². The van der Waals surface area contributed by atoms with Gasteiger partial charge < -0.3 is 4.89 Å². The summed E-state index contributed by atoms with van der Waals surface area (Å²) in [4.78, 5) is 9.18. The van der Waals surface area contributed by atoms with Gasteiger partial charge in [0.05, 0.1) is 6.61 Å². The molecule has 0 radical (unpaired) electrons. The van der Waals surface area contributed by atoms with E-state index in [1.54, 1.807) is 6.08 Å². The van der Waals surface area contributed by atoms with E-state index >= 15 is 0 Å². The minimum absolute atomic E-state index is 0.657. The number of hydrogen-bond acceptors (Lipinski definition) is 2. The highest BCUT2D eigenvalue weighted by atomic mass is 17.2. The van der Waals surface area contributed by atoms with Crippen molar-refractivity contribution >= 4 is 0 Å².